The van der Waals surface area contributed by atoms with E-state index in [4.69, 9.17) is 0 Å². The lowest BCUT2D eigenvalue weighted by Crippen LogP contribution is -2.48. The van der Waals surface area contributed by atoms with Gasteiger partial charge in [0.25, 0.3) is 0 Å². The molecular formula is C18H26N4O. The molecule has 2 fully saturated rings. The highest BCUT2D eigenvalue weighted by molar-refractivity contribution is 5.76. The zero-order valence-electron chi connectivity index (χ0n) is 14.0. The Morgan fingerprint density at radius 1 is 1.13 bits per heavy atom. The summed E-state index contributed by atoms with van der Waals surface area (Å²) in [6.45, 7) is 3.98. The summed E-state index contributed by atoms with van der Waals surface area (Å²) >= 11 is 0. The highest BCUT2D eigenvalue weighted by Gasteiger charge is 2.40. The predicted molar refractivity (Wildman–Crippen MR) is 89.5 cm³/mol. The van der Waals surface area contributed by atoms with Gasteiger partial charge in [0.05, 0.1) is 12.1 Å². The van der Waals surface area contributed by atoms with Gasteiger partial charge in [-0.05, 0) is 44.9 Å². The smallest absolute Gasteiger partial charge is 0.222 e. The molecule has 1 amide bonds. The molecule has 2 atom stereocenters. The van der Waals surface area contributed by atoms with E-state index < -0.39 is 0 Å². The second-order valence-corrected chi connectivity index (χ2v) is 7.03. The molecule has 5 heteroatoms. The minimum Gasteiger partial charge on any atom is -0.351 e. The maximum atomic E-state index is 12.3. The highest BCUT2D eigenvalue weighted by Crippen LogP contribution is 2.36. The third kappa shape index (κ3) is 2.50. The Bertz CT molecular complexity index is 603. The van der Waals surface area contributed by atoms with Crippen LogP contribution in [0.5, 0.6) is 0 Å². The number of amides is 1. The molecular weight excluding hydrogens is 288 g/mol. The number of fused-ring (bicyclic) bond motifs is 1. The Hall–Kier alpha value is -1.65. The fourth-order valence-corrected chi connectivity index (χ4v) is 4.75. The first-order valence-electron chi connectivity index (χ1n) is 9.18. The van der Waals surface area contributed by atoms with Gasteiger partial charge in [-0.25, -0.2) is 9.97 Å². The number of aryl methyl sites for hydroxylation is 1. The maximum Gasteiger partial charge on any atom is 0.222 e. The second-order valence-electron chi connectivity index (χ2n) is 7.03. The van der Waals surface area contributed by atoms with E-state index in [1.165, 1.54) is 30.5 Å². The molecule has 2 saturated heterocycles. The van der Waals surface area contributed by atoms with Crippen LogP contribution in [0.4, 0.5) is 5.82 Å². The lowest BCUT2D eigenvalue weighted by atomic mass is 10.0. The molecule has 0 aromatic carbocycles. The molecule has 2 aliphatic heterocycles. The van der Waals surface area contributed by atoms with Gasteiger partial charge in [0, 0.05) is 30.8 Å². The van der Waals surface area contributed by atoms with Gasteiger partial charge in [0.15, 0.2) is 0 Å². The Morgan fingerprint density at radius 3 is 2.83 bits per heavy atom. The lowest BCUT2D eigenvalue weighted by molar-refractivity contribution is -0.132. The van der Waals surface area contributed by atoms with E-state index in [1.54, 1.807) is 6.33 Å². The molecule has 0 saturated carbocycles. The molecule has 23 heavy (non-hydrogen) atoms. The van der Waals surface area contributed by atoms with Crippen molar-refractivity contribution in [2.24, 2.45) is 0 Å². The SMILES string of the molecule is CCC(=O)N1CCC[C@H]1[C@@H]1CCCN1c1ncnc2c1CCC2. The fourth-order valence-electron chi connectivity index (χ4n) is 4.75. The summed E-state index contributed by atoms with van der Waals surface area (Å²) in [7, 11) is 0. The average molecular weight is 314 g/mol. The van der Waals surface area contributed by atoms with Crippen molar-refractivity contribution in [3.05, 3.63) is 17.6 Å². The molecule has 3 aliphatic rings. The molecule has 124 valence electrons. The van der Waals surface area contributed by atoms with Crippen LogP contribution in [-0.4, -0.2) is 45.9 Å². The van der Waals surface area contributed by atoms with Gasteiger partial charge in [0.1, 0.15) is 12.1 Å². The third-order valence-electron chi connectivity index (χ3n) is 5.79. The topological polar surface area (TPSA) is 49.3 Å². The molecule has 1 aliphatic carbocycles. The lowest BCUT2D eigenvalue weighted by Gasteiger charge is -2.36. The molecule has 0 N–H and O–H groups in total. The van der Waals surface area contributed by atoms with Crippen molar-refractivity contribution in [3.8, 4) is 0 Å². The van der Waals surface area contributed by atoms with Crippen LogP contribution in [0.1, 0.15) is 56.7 Å². The van der Waals surface area contributed by atoms with Gasteiger partial charge in [0.2, 0.25) is 5.91 Å². The van der Waals surface area contributed by atoms with Crippen LogP contribution in [0.15, 0.2) is 6.33 Å². The Balaban J connectivity index is 1.62. The van der Waals surface area contributed by atoms with Gasteiger partial charge in [-0.1, -0.05) is 6.92 Å². The summed E-state index contributed by atoms with van der Waals surface area (Å²) in [5.41, 5.74) is 2.61. The van der Waals surface area contributed by atoms with E-state index in [1.807, 2.05) is 6.92 Å². The number of likely N-dealkylation sites (tertiary alicyclic amines) is 1. The van der Waals surface area contributed by atoms with Crippen molar-refractivity contribution in [2.75, 3.05) is 18.0 Å². The Kier molecular flexibility index (Phi) is 3.95. The zero-order chi connectivity index (χ0) is 15.8. The molecule has 0 spiro atoms. The van der Waals surface area contributed by atoms with Crippen LogP contribution in [0, 0.1) is 0 Å². The first kappa shape index (κ1) is 14.9. The predicted octanol–water partition coefficient (Wildman–Crippen LogP) is 2.34. The van der Waals surface area contributed by atoms with Crippen LogP contribution < -0.4 is 4.90 Å². The van der Waals surface area contributed by atoms with E-state index >= 15 is 0 Å². The fraction of sp³-hybridized carbons (Fsp3) is 0.722. The molecule has 0 bridgehead atoms. The van der Waals surface area contributed by atoms with Crippen LogP contribution in [0.2, 0.25) is 0 Å². The summed E-state index contributed by atoms with van der Waals surface area (Å²) < 4.78 is 0. The molecule has 5 nitrogen and oxygen atoms in total. The first-order chi connectivity index (χ1) is 11.3. The second kappa shape index (κ2) is 6.10. The number of nitrogens with zero attached hydrogens (tertiary/aromatic N) is 4. The normalized spacial score (nSPS) is 26.8. The monoisotopic (exact) mass is 314 g/mol. The zero-order valence-corrected chi connectivity index (χ0v) is 14.0. The summed E-state index contributed by atoms with van der Waals surface area (Å²) in [4.78, 5) is 26.1. The van der Waals surface area contributed by atoms with E-state index in [2.05, 4.69) is 19.8 Å². The quantitative estimate of drug-likeness (QED) is 0.859. The highest BCUT2D eigenvalue weighted by atomic mass is 16.2. The number of carbonyl (C=O) groups excluding carboxylic acids is 1. The van der Waals surface area contributed by atoms with E-state index in [0.29, 0.717) is 24.4 Å². The number of hydrogen-bond donors (Lipinski definition) is 0. The Labute approximate surface area is 138 Å². The molecule has 1 aromatic heterocycles. The maximum absolute atomic E-state index is 12.3. The number of carbonyl (C=O) groups is 1. The van der Waals surface area contributed by atoms with Crippen molar-refractivity contribution in [1.82, 2.24) is 14.9 Å². The number of hydrogen-bond acceptors (Lipinski definition) is 4. The minimum absolute atomic E-state index is 0.312. The summed E-state index contributed by atoms with van der Waals surface area (Å²) in [6.07, 6.45) is 10.4. The van der Waals surface area contributed by atoms with Gasteiger partial charge < -0.3 is 9.80 Å². The van der Waals surface area contributed by atoms with Gasteiger partial charge in [-0.3, -0.25) is 4.79 Å². The Morgan fingerprint density at radius 2 is 1.96 bits per heavy atom. The van der Waals surface area contributed by atoms with E-state index in [0.717, 1.165) is 44.6 Å². The van der Waals surface area contributed by atoms with Crippen molar-refractivity contribution in [1.29, 1.82) is 0 Å². The number of anilines is 1. The van der Waals surface area contributed by atoms with E-state index in [-0.39, 0.29) is 0 Å². The van der Waals surface area contributed by atoms with Crippen molar-refractivity contribution in [3.63, 3.8) is 0 Å². The van der Waals surface area contributed by atoms with Crippen LogP contribution in [0.25, 0.3) is 0 Å². The summed E-state index contributed by atoms with van der Waals surface area (Å²) in [5.74, 6) is 1.47. The molecule has 0 radical (unpaired) electrons. The summed E-state index contributed by atoms with van der Waals surface area (Å²) in [5, 5.41) is 0. The van der Waals surface area contributed by atoms with Crippen molar-refractivity contribution < 1.29 is 4.79 Å². The average Bonchev–Trinajstić information content (AvgIpc) is 3.31. The van der Waals surface area contributed by atoms with Gasteiger partial charge in [-0.2, -0.15) is 0 Å². The number of rotatable bonds is 3. The van der Waals surface area contributed by atoms with Crippen LogP contribution >= 0.6 is 0 Å². The summed E-state index contributed by atoms with van der Waals surface area (Å²) in [6, 6.07) is 0.810. The van der Waals surface area contributed by atoms with Gasteiger partial charge >= 0.3 is 0 Å². The van der Waals surface area contributed by atoms with E-state index in [9.17, 15) is 4.79 Å². The number of aromatic nitrogens is 2. The third-order valence-corrected chi connectivity index (χ3v) is 5.79. The standard InChI is InChI=1S/C18H26N4O/c1-2-17(23)21-10-4-8-15(21)16-9-5-11-22(16)18-13-6-3-7-14(13)19-12-20-18/h12,15-16H,2-11H2,1H3/t15-,16-/m0/s1. The first-order valence-corrected chi connectivity index (χ1v) is 9.18. The van der Waals surface area contributed by atoms with Crippen LogP contribution in [-0.2, 0) is 17.6 Å². The largest absolute Gasteiger partial charge is 0.351 e. The van der Waals surface area contributed by atoms with Crippen molar-refractivity contribution >= 4 is 11.7 Å². The molecule has 3 heterocycles. The molecule has 0 unspecified atom stereocenters. The molecule has 4 rings (SSSR count). The van der Waals surface area contributed by atoms with Crippen LogP contribution in [0.3, 0.4) is 0 Å². The van der Waals surface area contributed by atoms with Gasteiger partial charge in [-0.15, -0.1) is 0 Å². The minimum atomic E-state index is 0.312. The van der Waals surface area contributed by atoms with Crippen molar-refractivity contribution in [2.45, 2.75) is 70.4 Å². The molecule has 1 aromatic rings.